The van der Waals surface area contributed by atoms with Crippen molar-refractivity contribution in [3.63, 3.8) is 0 Å². The quantitative estimate of drug-likeness (QED) is 0.679. The van der Waals surface area contributed by atoms with Crippen LogP contribution in [0.15, 0.2) is 23.1 Å². The Labute approximate surface area is 128 Å². The largest absolute Gasteiger partial charge is 0.306 e. The molecule has 3 atom stereocenters. The first kappa shape index (κ1) is 16.8. The van der Waals surface area contributed by atoms with E-state index in [1.807, 2.05) is 6.92 Å². The molecule has 0 bridgehead atoms. The summed E-state index contributed by atoms with van der Waals surface area (Å²) < 4.78 is 40.7. The first-order valence-electron chi connectivity index (χ1n) is 7.18. The molecule has 0 spiro atoms. The van der Waals surface area contributed by atoms with Crippen molar-refractivity contribution in [3.05, 3.63) is 34.1 Å². The average molecular weight is 330 g/mol. The molecule has 6 nitrogen and oxygen atoms in total. The Kier molecular flexibility index (Phi) is 4.81. The van der Waals surface area contributed by atoms with Crippen LogP contribution in [0.5, 0.6) is 0 Å². The summed E-state index contributed by atoms with van der Waals surface area (Å²) in [6.45, 7) is 4.07. The van der Waals surface area contributed by atoms with E-state index in [-0.39, 0.29) is 16.9 Å². The summed E-state index contributed by atoms with van der Waals surface area (Å²) in [7, 11) is -3.91. The van der Waals surface area contributed by atoms with E-state index in [2.05, 4.69) is 11.6 Å². The highest BCUT2D eigenvalue weighted by Crippen LogP contribution is 2.31. The third-order valence-electron chi connectivity index (χ3n) is 4.44. The minimum Gasteiger partial charge on any atom is -0.258 e. The van der Waals surface area contributed by atoms with Gasteiger partial charge in [0.25, 0.3) is 0 Å². The molecule has 0 heterocycles. The molecular weight excluding hydrogens is 311 g/mol. The van der Waals surface area contributed by atoms with Gasteiger partial charge in [-0.05, 0) is 30.4 Å². The van der Waals surface area contributed by atoms with Crippen LogP contribution in [0.2, 0.25) is 0 Å². The van der Waals surface area contributed by atoms with Gasteiger partial charge in [0, 0.05) is 12.1 Å². The summed E-state index contributed by atoms with van der Waals surface area (Å²) >= 11 is 0. The number of sulfonamides is 1. The zero-order valence-electron chi connectivity index (χ0n) is 12.5. The van der Waals surface area contributed by atoms with Crippen molar-refractivity contribution in [2.45, 2.75) is 44.0 Å². The molecule has 0 saturated heterocycles. The topological polar surface area (TPSA) is 89.3 Å². The third-order valence-corrected chi connectivity index (χ3v) is 5.93. The number of hydrogen-bond donors (Lipinski definition) is 1. The first-order valence-corrected chi connectivity index (χ1v) is 8.67. The number of nitrogens with one attached hydrogen (secondary N) is 1. The number of halogens is 1. The lowest BCUT2D eigenvalue weighted by Crippen LogP contribution is -2.43. The van der Waals surface area contributed by atoms with Gasteiger partial charge in [-0.15, -0.1) is 0 Å². The molecule has 0 radical (unpaired) electrons. The second-order valence-electron chi connectivity index (χ2n) is 5.87. The standard InChI is InChI=1S/C14H19FN2O4S/c1-9-4-3-5-13(10(9)2)16-22(20,21)11-6-7-12(15)14(8-11)17(18)19/h6-10,13,16H,3-5H2,1-2H3/t9-,10+,13-/m0/s1. The van der Waals surface area contributed by atoms with E-state index < -0.39 is 26.5 Å². The third kappa shape index (κ3) is 3.44. The summed E-state index contributed by atoms with van der Waals surface area (Å²) in [5.74, 6) is -0.466. The van der Waals surface area contributed by atoms with Gasteiger partial charge in [-0.2, -0.15) is 4.39 Å². The normalized spacial score (nSPS) is 25.9. The number of nitro benzene ring substituents is 1. The van der Waals surface area contributed by atoms with E-state index in [0.717, 1.165) is 37.5 Å². The van der Waals surface area contributed by atoms with Crippen molar-refractivity contribution in [3.8, 4) is 0 Å². The smallest absolute Gasteiger partial charge is 0.258 e. The van der Waals surface area contributed by atoms with Gasteiger partial charge in [-0.25, -0.2) is 13.1 Å². The summed E-state index contributed by atoms with van der Waals surface area (Å²) in [4.78, 5) is 9.52. The van der Waals surface area contributed by atoms with E-state index in [0.29, 0.717) is 5.92 Å². The van der Waals surface area contributed by atoms with E-state index in [1.54, 1.807) is 0 Å². The maximum absolute atomic E-state index is 13.3. The van der Waals surface area contributed by atoms with E-state index in [1.165, 1.54) is 0 Å². The van der Waals surface area contributed by atoms with E-state index in [4.69, 9.17) is 0 Å². The monoisotopic (exact) mass is 330 g/mol. The maximum Gasteiger partial charge on any atom is 0.306 e. The second kappa shape index (κ2) is 6.29. The van der Waals surface area contributed by atoms with Crippen LogP contribution in [0, 0.1) is 27.8 Å². The molecule has 0 aliphatic heterocycles. The fourth-order valence-corrected chi connectivity index (χ4v) is 4.20. The van der Waals surface area contributed by atoms with Crippen LogP contribution in [0.4, 0.5) is 10.1 Å². The Morgan fingerprint density at radius 2 is 2.00 bits per heavy atom. The van der Waals surface area contributed by atoms with Gasteiger partial charge in [0.15, 0.2) is 0 Å². The Hall–Kier alpha value is -1.54. The molecule has 1 saturated carbocycles. The fraction of sp³-hybridized carbons (Fsp3) is 0.571. The highest BCUT2D eigenvalue weighted by atomic mass is 32.2. The van der Waals surface area contributed by atoms with Crippen LogP contribution >= 0.6 is 0 Å². The first-order chi connectivity index (χ1) is 10.2. The average Bonchev–Trinajstić information content (AvgIpc) is 2.43. The Morgan fingerprint density at radius 3 is 2.64 bits per heavy atom. The van der Waals surface area contributed by atoms with Crippen molar-refractivity contribution in [1.29, 1.82) is 0 Å². The van der Waals surface area contributed by atoms with Gasteiger partial charge < -0.3 is 0 Å². The minimum absolute atomic E-state index is 0.180. The zero-order chi connectivity index (χ0) is 16.5. The lowest BCUT2D eigenvalue weighted by Gasteiger charge is -2.34. The molecule has 0 amide bonds. The lowest BCUT2D eigenvalue weighted by atomic mass is 9.78. The molecule has 1 aromatic carbocycles. The Bertz CT molecular complexity index is 677. The maximum atomic E-state index is 13.3. The molecule has 0 aromatic heterocycles. The molecule has 1 aliphatic rings. The molecule has 2 rings (SSSR count). The number of rotatable bonds is 4. The predicted octanol–water partition coefficient (Wildman–Crippen LogP) is 2.84. The van der Waals surface area contributed by atoms with E-state index in [9.17, 15) is 22.9 Å². The van der Waals surface area contributed by atoms with Gasteiger partial charge in [0.1, 0.15) is 0 Å². The Balaban J connectivity index is 2.27. The molecular formula is C14H19FN2O4S. The summed E-state index contributed by atoms with van der Waals surface area (Å²) in [6, 6.07) is 2.40. The summed E-state index contributed by atoms with van der Waals surface area (Å²) in [5.41, 5.74) is -0.840. The highest BCUT2D eigenvalue weighted by molar-refractivity contribution is 7.89. The number of benzene rings is 1. The molecule has 1 fully saturated rings. The molecule has 22 heavy (non-hydrogen) atoms. The number of hydrogen-bond acceptors (Lipinski definition) is 4. The SMILES string of the molecule is C[C@H]1[C@@H](NS(=O)(=O)c2ccc(F)c([N+](=O)[O-])c2)CCC[C@@H]1C. The van der Waals surface area contributed by atoms with Crippen LogP contribution in [0.1, 0.15) is 33.1 Å². The van der Waals surface area contributed by atoms with Gasteiger partial charge in [0.05, 0.1) is 9.82 Å². The fourth-order valence-electron chi connectivity index (χ4n) is 2.82. The van der Waals surface area contributed by atoms with Crippen molar-refractivity contribution in [2.75, 3.05) is 0 Å². The highest BCUT2D eigenvalue weighted by Gasteiger charge is 2.31. The lowest BCUT2D eigenvalue weighted by molar-refractivity contribution is -0.387. The van der Waals surface area contributed by atoms with Crippen molar-refractivity contribution in [2.24, 2.45) is 11.8 Å². The van der Waals surface area contributed by atoms with Gasteiger partial charge in [-0.1, -0.05) is 26.7 Å². The Morgan fingerprint density at radius 1 is 1.32 bits per heavy atom. The minimum atomic E-state index is -3.91. The van der Waals surface area contributed by atoms with Gasteiger partial charge >= 0.3 is 5.69 Å². The van der Waals surface area contributed by atoms with Crippen LogP contribution < -0.4 is 4.72 Å². The van der Waals surface area contributed by atoms with Crippen molar-refractivity contribution < 1.29 is 17.7 Å². The van der Waals surface area contributed by atoms with Gasteiger partial charge in [0.2, 0.25) is 15.8 Å². The molecule has 8 heteroatoms. The summed E-state index contributed by atoms with van der Waals surface area (Å²) in [5, 5.41) is 10.7. The van der Waals surface area contributed by atoms with Crippen LogP contribution in [-0.4, -0.2) is 19.4 Å². The second-order valence-corrected chi connectivity index (χ2v) is 7.58. The molecule has 122 valence electrons. The van der Waals surface area contributed by atoms with Crippen molar-refractivity contribution >= 4 is 15.7 Å². The summed E-state index contributed by atoms with van der Waals surface area (Å²) in [6.07, 6.45) is 2.72. The number of nitrogens with zero attached hydrogens (tertiary/aromatic N) is 1. The molecule has 1 aliphatic carbocycles. The van der Waals surface area contributed by atoms with E-state index >= 15 is 0 Å². The zero-order valence-corrected chi connectivity index (χ0v) is 13.3. The van der Waals surface area contributed by atoms with Crippen molar-refractivity contribution in [1.82, 2.24) is 4.72 Å². The molecule has 1 aromatic rings. The molecule has 1 N–H and O–H groups in total. The van der Waals surface area contributed by atoms with Crippen LogP contribution in [-0.2, 0) is 10.0 Å². The van der Waals surface area contributed by atoms with Gasteiger partial charge in [-0.3, -0.25) is 10.1 Å². The predicted molar refractivity (Wildman–Crippen MR) is 79.3 cm³/mol. The number of nitro groups is 1. The molecule has 0 unspecified atom stereocenters. The van der Waals surface area contributed by atoms with Crippen LogP contribution in [0.25, 0.3) is 0 Å². The van der Waals surface area contributed by atoms with Crippen LogP contribution in [0.3, 0.4) is 0 Å².